The molecule has 3 aromatic rings. The molecule has 0 saturated carbocycles. The normalized spacial score (nSPS) is 10.7. The molecule has 1 aromatic heterocycles. The minimum absolute atomic E-state index is 0.0634. The van der Waals surface area contributed by atoms with Gasteiger partial charge < -0.3 is 4.74 Å². The zero-order valence-electron chi connectivity index (χ0n) is 11.2. The van der Waals surface area contributed by atoms with Gasteiger partial charge in [-0.1, -0.05) is 29.8 Å². The summed E-state index contributed by atoms with van der Waals surface area (Å²) in [5, 5.41) is 3.85. The van der Waals surface area contributed by atoms with Crippen molar-refractivity contribution in [3.63, 3.8) is 0 Å². The predicted molar refractivity (Wildman–Crippen MR) is 87.5 cm³/mol. The van der Waals surface area contributed by atoms with E-state index in [0.29, 0.717) is 17.2 Å². The number of carbonyl (C=O) groups excluding carboxylic acids is 1. The van der Waals surface area contributed by atoms with E-state index in [1.54, 1.807) is 35.6 Å². The maximum atomic E-state index is 12.0. The fourth-order valence-electron chi connectivity index (χ4n) is 2.13. The second-order valence-electron chi connectivity index (χ2n) is 4.72. The summed E-state index contributed by atoms with van der Waals surface area (Å²) in [5.41, 5.74) is 1.07. The average Bonchev–Trinajstić information content (AvgIpc) is 2.90. The number of halogens is 1. The lowest BCUT2D eigenvalue weighted by molar-refractivity contribution is -0.120. The Kier molecular flexibility index (Phi) is 4.23. The highest BCUT2D eigenvalue weighted by Crippen LogP contribution is 2.26. The van der Waals surface area contributed by atoms with Crippen LogP contribution in [-0.4, -0.2) is 12.4 Å². The first-order valence-corrected chi connectivity index (χ1v) is 7.83. The summed E-state index contributed by atoms with van der Waals surface area (Å²) in [6.07, 6.45) is 0.400. The lowest BCUT2D eigenvalue weighted by atomic mass is 10.1. The van der Waals surface area contributed by atoms with Crippen LogP contribution in [0.3, 0.4) is 0 Å². The number of hydrogen-bond donors (Lipinski definition) is 0. The van der Waals surface area contributed by atoms with Crippen molar-refractivity contribution < 1.29 is 9.53 Å². The third kappa shape index (κ3) is 3.43. The number of benzene rings is 2. The summed E-state index contributed by atoms with van der Waals surface area (Å²) in [4.78, 5) is 12.0. The molecule has 2 aromatic carbocycles. The Morgan fingerprint density at radius 3 is 2.67 bits per heavy atom. The second-order valence-corrected chi connectivity index (χ2v) is 6.06. The molecule has 1 heterocycles. The van der Waals surface area contributed by atoms with Crippen molar-refractivity contribution in [2.45, 2.75) is 6.42 Å². The molecule has 0 spiro atoms. The maximum Gasteiger partial charge on any atom is 0.174 e. The molecule has 0 saturated heterocycles. The smallest absolute Gasteiger partial charge is 0.174 e. The van der Waals surface area contributed by atoms with Crippen LogP contribution in [0.25, 0.3) is 10.1 Å². The van der Waals surface area contributed by atoms with Crippen LogP contribution in [0.15, 0.2) is 53.9 Å². The summed E-state index contributed by atoms with van der Waals surface area (Å²) in [6, 6.07) is 15.1. The molecular weight excluding hydrogens is 304 g/mol. The minimum atomic E-state index is 0.0634. The van der Waals surface area contributed by atoms with Crippen molar-refractivity contribution in [3.05, 3.63) is 64.5 Å². The monoisotopic (exact) mass is 316 g/mol. The van der Waals surface area contributed by atoms with Crippen molar-refractivity contribution in [2.24, 2.45) is 0 Å². The van der Waals surface area contributed by atoms with E-state index in [-0.39, 0.29) is 12.4 Å². The number of thiophene rings is 1. The largest absolute Gasteiger partial charge is 0.486 e. The first kappa shape index (κ1) is 14.1. The highest BCUT2D eigenvalue weighted by Gasteiger charge is 2.09. The lowest BCUT2D eigenvalue weighted by Crippen LogP contribution is -2.13. The van der Waals surface area contributed by atoms with Gasteiger partial charge in [-0.15, -0.1) is 11.3 Å². The third-order valence-electron chi connectivity index (χ3n) is 3.16. The second kappa shape index (κ2) is 6.29. The topological polar surface area (TPSA) is 26.3 Å². The molecule has 0 aliphatic heterocycles. The molecule has 0 aliphatic carbocycles. The average molecular weight is 317 g/mol. The number of rotatable bonds is 5. The molecule has 0 fully saturated rings. The van der Waals surface area contributed by atoms with Gasteiger partial charge in [-0.2, -0.15) is 0 Å². The Labute approximate surface area is 131 Å². The maximum absolute atomic E-state index is 12.0. The number of carbonyl (C=O) groups is 1. The molecule has 0 bridgehead atoms. The van der Waals surface area contributed by atoms with E-state index in [1.165, 1.54) is 4.70 Å². The first-order chi connectivity index (χ1) is 10.2. The van der Waals surface area contributed by atoms with Crippen molar-refractivity contribution >= 4 is 38.8 Å². The Hall–Kier alpha value is -1.84. The zero-order valence-corrected chi connectivity index (χ0v) is 12.8. The first-order valence-electron chi connectivity index (χ1n) is 6.57. The van der Waals surface area contributed by atoms with Crippen LogP contribution in [0.1, 0.15) is 5.56 Å². The summed E-state index contributed by atoms with van der Waals surface area (Å²) in [7, 11) is 0. The van der Waals surface area contributed by atoms with E-state index in [9.17, 15) is 4.79 Å². The Morgan fingerprint density at radius 2 is 1.86 bits per heavy atom. The van der Waals surface area contributed by atoms with Crippen LogP contribution in [0.4, 0.5) is 0 Å². The van der Waals surface area contributed by atoms with Gasteiger partial charge in [-0.05, 0) is 46.7 Å². The van der Waals surface area contributed by atoms with Gasteiger partial charge >= 0.3 is 0 Å². The van der Waals surface area contributed by atoms with Crippen LogP contribution in [0.5, 0.6) is 5.75 Å². The van der Waals surface area contributed by atoms with Gasteiger partial charge in [0.2, 0.25) is 0 Å². The van der Waals surface area contributed by atoms with E-state index >= 15 is 0 Å². The molecule has 0 amide bonds. The third-order valence-corrected chi connectivity index (χ3v) is 4.43. The molecule has 0 unspecified atom stereocenters. The van der Waals surface area contributed by atoms with Gasteiger partial charge in [0.1, 0.15) is 12.4 Å². The van der Waals surface area contributed by atoms with Crippen LogP contribution >= 0.6 is 22.9 Å². The quantitative estimate of drug-likeness (QED) is 0.679. The number of ether oxygens (including phenoxy) is 1. The zero-order chi connectivity index (χ0) is 14.7. The number of hydrogen-bond acceptors (Lipinski definition) is 3. The minimum Gasteiger partial charge on any atom is -0.486 e. The van der Waals surface area contributed by atoms with Gasteiger partial charge in [0.05, 0.1) is 0 Å². The Morgan fingerprint density at radius 1 is 1.10 bits per heavy atom. The standard InChI is InChI=1S/C17H13ClO2S/c18-13-5-7-15(8-6-13)20-10-14(19)9-12-11-21-17-4-2-1-3-16(12)17/h1-8,11H,9-10H2. The highest BCUT2D eigenvalue weighted by molar-refractivity contribution is 7.17. The Balaban J connectivity index is 1.62. The molecular formula is C17H13ClO2S. The molecule has 0 radical (unpaired) electrons. The SMILES string of the molecule is O=C(COc1ccc(Cl)cc1)Cc1csc2ccccc12. The van der Waals surface area contributed by atoms with Crippen molar-refractivity contribution in [3.8, 4) is 5.75 Å². The number of Topliss-reactive ketones (excluding diaryl/α,β-unsaturated/α-hetero) is 1. The fourth-order valence-corrected chi connectivity index (χ4v) is 3.22. The van der Waals surface area contributed by atoms with Gasteiger partial charge in [-0.3, -0.25) is 4.79 Å². The van der Waals surface area contributed by atoms with E-state index in [1.807, 2.05) is 17.5 Å². The van der Waals surface area contributed by atoms with E-state index in [2.05, 4.69) is 12.1 Å². The molecule has 0 atom stereocenters. The number of fused-ring (bicyclic) bond motifs is 1. The van der Waals surface area contributed by atoms with Crippen LogP contribution in [-0.2, 0) is 11.2 Å². The molecule has 0 aliphatic rings. The van der Waals surface area contributed by atoms with Crippen molar-refractivity contribution in [1.82, 2.24) is 0 Å². The number of ketones is 1. The summed E-state index contributed by atoms with van der Waals surface area (Å²) < 4.78 is 6.69. The van der Waals surface area contributed by atoms with Crippen LogP contribution in [0, 0.1) is 0 Å². The fraction of sp³-hybridized carbons (Fsp3) is 0.118. The highest BCUT2D eigenvalue weighted by atomic mass is 35.5. The van der Waals surface area contributed by atoms with Crippen LogP contribution in [0.2, 0.25) is 5.02 Å². The van der Waals surface area contributed by atoms with E-state index < -0.39 is 0 Å². The molecule has 21 heavy (non-hydrogen) atoms. The van der Waals surface area contributed by atoms with Gasteiger partial charge in [0.25, 0.3) is 0 Å². The van der Waals surface area contributed by atoms with E-state index in [0.717, 1.165) is 10.9 Å². The summed E-state index contributed by atoms with van der Waals surface area (Å²) in [5.74, 6) is 0.719. The van der Waals surface area contributed by atoms with Crippen molar-refractivity contribution in [2.75, 3.05) is 6.61 Å². The van der Waals surface area contributed by atoms with Crippen LogP contribution < -0.4 is 4.74 Å². The molecule has 2 nitrogen and oxygen atoms in total. The molecule has 106 valence electrons. The van der Waals surface area contributed by atoms with Gasteiger partial charge in [0.15, 0.2) is 5.78 Å². The summed E-state index contributed by atoms with van der Waals surface area (Å²) >= 11 is 7.47. The molecule has 0 N–H and O–H groups in total. The Bertz CT molecular complexity index is 762. The molecule has 4 heteroatoms. The predicted octanol–water partition coefficient (Wildman–Crippen LogP) is 4.75. The lowest BCUT2D eigenvalue weighted by Gasteiger charge is -2.05. The van der Waals surface area contributed by atoms with Gasteiger partial charge in [0, 0.05) is 16.1 Å². The van der Waals surface area contributed by atoms with Gasteiger partial charge in [-0.25, -0.2) is 0 Å². The summed E-state index contributed by atoms with van der Waals surface area (Å²) in [6.45, 7) is 0.0752. The molecule has 3 rings (SSSR count). The van der Waals surface area contributed by atoms with E-state index in [4.69, 9.17) is 16.3 Å². The van der Waals surface area contributed by atoms with Crippen molar-refractivity contribution in [1.29, 1.82) is 0 Å².